The van der Waals surface area contributed by atoms with Crippen LogP contribution in [-0.2, 0) is 0 Å². The molecule has 0 aliphatic carbocycles. The van der Waals surface area contributed by atoms with Crippen LogP contribution in [0.4, 0.5) is 0 Å². The lowest BCUT2D eigenvalue weighted by atomic mass is 9.97. The van der Waals surface area contributed by atoms with Crippen LogP contribution in [0.2, 0.25) is 10.0 Å². The number of benzene rings is 2. The third-order valence-electron chi connectivity index (χ3n) is 3.06. The number of hydrogen-bond acceptors (Lipinski definition) is 1. The standard InChI is InChI=1S/C16H17Cl2N/c1-3-19-16(12-6-4-5-11(2)9-12)13-7-8-14(17)15(18)10-13/h4-10,16,19H,3H2,1-2H3. The summed E-state index contributed by atoms with van der Waals surface area (Å²) in [5.74, 6) is 0. The molecule has 1 N–H and O–H groups in total. The van der Waals surface area contributed by atoms with Crippen LogP contribution < -0.4 is 5.32 Å². The Labute approximate surface area is 124 Å². The average Bonchev–Trinajstić information content (AvgIpc) is 2.39. The predicted molar refractivity (Wildman–Crippen MR) is 83.2 cm³/mol. The molecule has 0 spiro atoms. The molecule has 0 amide bonds. The first-order chi connectivity index (χ1) is 9.11. The van der Waals surface area contributed by atoms with Gasteiger partial charge in [0.25, 0.3) is 0 Å². The van der Waals surface area contributed by atoms with Crippen molar-refractivity contribution in [3.63, 3.8) is 0 Å². The normalized spacial score (nSPS) is 12.4. The van der Waals surface area contributed by atoms with Crippen molar-refractivity contribution in [2.75, 3.05) is 6.54 Å². The highest BCUT2D eigenvalue weighted by Crippen LogP contribution is 2.29. The molecule has 0 saturated carbocycles. The molecule has 100 valence electrons. The molecule has 0 fully saturated rings. The minimum Gasteiger partial charge on any atom is -0.307 e. The van der Waals surface area contributed by atoms with Crippen LogP contribution >= 0.6 is 23.2 Å². The molecule has 1 atom stereocenters. The van der Waals surface area contributed by atoms with Gasteiger partial charge in [-0.25, -0.2) is 0 Å². The van der Waals surface area contributed by atoms with E-state index in [0.29, 0.717) is 10.0 Å². The van der Waals surface area contributed by atoms with Crippen LogP contribution in [-0.4, -0.2) is 6.54 Å². The summed E-state index contributed by atoms with van der Waals surface area (Å²) in [5.41, 5.74) is 3.61. The van der Waals surface area contributed by atoms with E-state index >= 15 is 0 Å². The van der Waals surface area contributed by atoms with Crippen LogP contribution in [0.15, 0.2) is 42.5 Å². The number of rotatable bonds is 4. The fourth-order valence-corrected chi connectivity index (χ4v) is 2.48. The van der Waals surface area contributed by atoms with Crippen molar-refractivity contribution >= 4 is 23.2 Å². The molecule has 1 unspecified atom stereocenters. The van der Waals surface area contributed by atoms with Crippen molar-refractivity contribution in [1.29, 1.82) is 0 Å². The molecule has 1 nitrogen and oxygen atoms in total. The zero-order chi connectivity index (χ0) is 13.8. The highest BCUT2D eigenvalue weighted by Gasteiger charge is 2.14. The van der Waals surface area contributed by atoms with E-state index in [1.807, 2.05) is 18.2 Å². The topological polar surface area (TPSA) is 12.0 Å². The zero-order valence-electron chi connectivity index (χ0n) is 11.1. The molecule has 3 heteroatoms. The first kappa shape index (κ1) is 14.4. The maximum absolute atomic E-state index is 6.12. The quantitative estimate of drug-likeness (QED) is 0.836. The highest BCUT2D eigenvalue weighted by atomic mass is 35.5. The van der Waals surface area contributed by atoms with E-state index in [2.05, 4.69) is 43.4 Å². The number of aryl methyl sites for hydroxylation is 1. The van der Waals surface area contributed by atoms with Gasteiger partial charge in [0.05, 0.1) is 16.1 Å². The second-order valence-electron chi connectivity index (χ2n) is 4.58. The van der Waals surface area contributed by atoms with E-state index in [0.717, 1.165) is 12.1 Å². The van der Waals surface area contributed by atoms with Crippen molar-refractivity contribution in [3.8, 4) is 0 Å². The summed E-state index contributed by atoms with van der Waals surface area (Å²) in [4.78, 5) is 0. The SMILES string of the molecule is CCNC(c1cccc(C)c1)c1ccc(Cl)c(Cl)c1. The molecular formula is C16H17Cl2N. The summed E-state index contributed by atoms with van der Waals surface area (Å²) in [6, 6.07) is 14.4. The van der Waals surface area contributed by atoms with Crippen molar-refractivity contribution < 1.29 is 0 Å². The van der Waals surface area contributed by atoms with Crippen molar-refractivity contribution in [3.05, 3.63) is 69.2 Å². The number of halogens is 2. The third kappa shape index (κ3) is 3.50. The van der Waals surface area contributed by atoms with Gasteiger partial charge in [-0.2, -0.15) is 0 Å². The molecule has 0 radical (unpaired) electrons. The van der Waals surface area contributed by atoms with Gasteiger partial charge in [-0.15, -0.1) is 0 Å². The van der Waals surface area contributed by atoms with Gasteiger partial charge < -0.3 is 5.32 Å². The van der Waals surface area contributed by atoms with Gasteiger partial charge in [-0.3, -0.25) is 0 Å². The molecule has 2 rings (SSSR count). The van der Waals surface area contributed by atoms with Crippen molar-refractivity contribution in [1.82, 2.24) is 5.32 Å². The monoisotopic (exact) mass is 293 g/mol. The molecule has 0 bridgehead atoms. The Hall–Kier alpha value is -1.02. The molecule has 2 aromatic carbocycles. The van der Waals surface area contributed by atoms with E-state index < -0.39 is 0 Å². The fraction of sp³-hybridized carbons (Fsp3) is 0.250. The lowest BCUT2D eigenvalue weighted by molar-refractivity contribution is 0.630. The van der Waals surface area contributed by atoms with Crippen LogP contribution in [0.5, 0.6) is 0 Å². The van der Waals surface area contributed by atoms with Gasteiger partial charge in [0.15, 0.2) is 0 Å². The fourth-order valence-electron chi connectivity index (χ4n) is 2.17. The van der Waals surface area contributed by atoms with Gasteiger partial charge in [-0.1, -0.05) is 66.0 Å². The van der Waals surface area contributed by atoms with Crippen LogP contribution in [0, 0.1) is 6.92 Å². The van der Waals surface area contributed by atoms with Crippen LogP contribution in [0.25, 0.3) is 0 Å². The minimum absolute atomic E-state index is 0.139. The summed E-state index contributed by atoms with van der Waals surface area (Å²) in [6.07, 6.45) is 0. The Morgan fingerprint density at radius 2 is 1.74 bits per heavy atom. The van der Waals surface area contributed by atoms with Gasteiger partial charge in [0.1, 0.15) is 0 Å². The maximum Gasteiger partial charge on any atom is 0.0595 e. The Bertz CT molecular complexity index is 566. The first-order valence-corrected chi connectivity index (χ1v) is 7.12. The van der Waals surface area contributed by atoms with E-state index in [1.54, 1.807) is 0 Å². The van der Waals surface area contributed by atoms with Crippen molar-refractivity contribution in [2.45, 2.75) is 19.9 Å². The summed E-state index contributed by atoms with van der Waals surface area (Å²) in [5, 5.41) is 4.67. The Morgan fingerprint density at radius 1 is 1.00 bits per heavy atom. The second-order valence-corrected chi connectivity index (χ2v) is 5.39. The van der Waals surface area contributed by atoms with E-state index in [-0.39, 0.29) is 6.04 Å². The number of nitrogens with one attached hydrogen (secondary N) is 1. The zero-order valence-corrected chi connectivity index (χ0v) is 12.6. The van der Waals surface area contributed by atoms with Gasteiger partial charge in [0, 0.05) is 0 Å². The lowest BCUT2D eigenvalue weighted by Crippen LogP contribution is -2.22. The van der Waals surface area contributed by atoms with Crippen LogP contribution in [0.3, 0.4) is 0 Å². The molecular weight excluding hydrogens is 277 g/mol. The van der Waals surface area contributed by atoms with Gasteiger partial charge in [0.2, 0.25) is 0 Å². The molecule has 0 aromatic heterocycles. The largest absolute Gasteiger partial charge is 0.307 e. The van der Waals surface area contributed by atoms with Gasteiger partial charge in [-0.05, 0) is 36.7 Å². The van der Waals surface area contributed by atoms with E-state index in [4.69, 9.17) is 23.2 Å². The summed E-state index contributed by atoms with van der Waals surface area (Å²) < 4.78 is 0. The second kappa shape index (κ2) is 6.42. The highest BCUT2D eigenvalue weighted by molar-refractivity contribution is 6.42. The molecule has 0 heterocycles. The minimum atomic E-state index is 0.139. The van der Waals surface area contributed by atoms with Gasteiger partial charge >= 0.3 is 0 Å². The molecule has 0 aliphatic rings. The third-order valence-corrected chi connectivity index (χ3v) is 3.80. The smallest absolute Gasteiger partial charge is 0.0595 e. The van der Waals surface area contributed by atoms with Crippen molar-refractivity contribution in [2.24, 2.45) is 0 Å². The lowest BCUT2D eigenvalue weighted by Gasteiger charge is -2.20. The average molecular weight is 294 g/mol. The molecule has 0 aliphatic heterocycles. The molecule has 19 heavy (non-hydrogen) atoms. The van der Waals surface area contributed by atoms with E-state index in [9.17, 15) is 0 Å². The summed E-state index contributed by atoms with van der Waals surface area (Å²) in [7, 11) is 0. The summed E-state index contributed by atoms with van der Waals surface area (Å²) in [6.45, 7) is 5.08. The molecule has 0 saturated heterocycles. The number of hydrogen-bond donors (Lipinski definition) is 1. The summed E-state index contributed by atoms with van der Waals surface area (Å²) >= 11 is 12.1. The Morgan fingerprint density at radius 3 is 2.37 bits per heavy atom. The molecule has 2 aromatic rings. The van der Waals surface area contributed by atoms with Crippen LogP contribution in [0.1, 0.15) is 29.7 Å². The van der Waals surface area contributed by atoms with E-state index in [1.165, 1.54) is 11.1 Å². The Kier molecular flexibility index (Phi) is 4.87. The first-order valence-electron chi connectivity index (χ1n) is 6.36. The predicted octanol–water partition coefficient (Wildman–Crippen LogP) is 5.00. The maximum atomic E-state index is 6.12. The Balaban J connectivity index is 2.42.